The van der Waals surface area contributed by atoms with Gasteiger partial charge in [-0.15, -0.1) is 0 Å². The maximum Gasteiger partial charge on any atom is 0.137 e. The first-order valence-corrected chi connectivity index (χ1v) is 6.63. The Morgan fingerprint density at radius 2 is 2.00 bits per heavy atom. The van der Waals surface area contributed by atoms with Crippen molar-refractivity contribution in [2.45, 2.75) is 13.8 Å². The number of rotatable bonds is 1. The topological polar surface area (TPSA) is 41.1 Å². The Hall–Kier alpha value is -2.31. The van der Waals surface area contributed by atoms with Gasteiger partial charge in [0.1, 0.15) is 11.7 Å². The number of nitrogens with zero attached hydrogens (tertiary/aromatic N) is 3. The van der Waals surface area contributed by atoms with E-state index in [1.165, 1.54) is 0 Å². The Kier molecular flexibility index (Phi) is 2.96. The SMILES string of the molecule is Cc1cc(-c2cn3c(C)c(C#N)ccc3n2)ccc1Cl. The fraction of sp³-hybridized carbons (Fsp3) is 0.125. The molecule has 2 aromatic heterocycles. The molecule has 0 fully saturated rings. The van der Waals surface area contributed by atoms with Gasteiger partial charge in [-0.25, -0.2) is 4.98 Å². The van der Waals surface area contributed by atoms with Crippen molar-refractivity contribution in [3.63, 3.8) is 0 Å². The molecular formula is C16H12ClN3. The number of halogens is 1. The van der Waals surface area contributed by atoms with Gasteiger partial charge in [0.2, 0.25) is 0 Å². The molecule has 4 heteroatoms. The van der Waals surface area contributed by atoms with Crippen LogP contribution in [0.5, 0.6) is 0 Å². The minimum atomic E-state index is 0.661. The van der Waals surface area contributed by atoms with Crippen LogP contribution in [-0.2, 0) is 0 Å². The quantitative estimate of drug-likeness (QED) is 0.672. The number of imidazole rings is 1. The van der Waals surface area contributed by atoms with Crippen LogP contribution in [-0.4, -0.2) is 9.38 Å². The van der Waals surface area contributed by atoms with E-state index in [9.17, 15) is 0 Å². The molecule has 0 saturated carbocycles. The molecule has 1 aromatic carbocycles. The molecule has 0 aliphatic rings. The predicted molar refractivity (Wildman–Crippen MR) is 79.8 cm³/mol. The summed E-state index contributed by atoms with van der Waals surface area (Å²) in [7, 11) is 0. The Bertz CT molecular complexity index is 856. The van der Waals surface area contributed by atoms with Crippen LogP contribution in [0.2, 0.25) is 5.02 Å². The zero-order valence-corrected chi connectivity index (χ0v) is 11.9. The molecule has 0 aliphatic carbocycles. The van der Waals surface area contributed by atoms with Gasteiger partial charge in [-0.1, -0.05) is 17.7 Å². The highest BCUT2D eigenvalue weighted by Gasteiger charge is 2.09. The van der Waals surface area contributed by atoms with Crippen molar-refractivity contribution in [2.24, 2.45) is 0 Å². The van der Waals surface area contributed by atoms with E-state index in [1.54, 1.807) is 6.07 Å². The summed E-state index contributed by atoms with van der Waals surface area (Å²) in [5, 5.41) is 9.82. The van der Waals surface area contributed by atoms with Crippen molar-refractivity contribution in [1.29, 1.82) is 5.26 Å². The lowest BCUT2D eigenvalue weighted by molar-refractivity contribution is 1.08. The Morgan fingerprint density at radius 3 is 2.70 bits per heavy atom. The van der Waals surface area contributed by atoms with Crippen molar-refractivity contribution in [2.75, 3.05) is 0 Å². The largest absolute Gasteiger partial charge is 0.302 e. The van der Waals surface area contributed by atoms with Gasteiger partial charge in [-0.05, 0) is 43.7 Å². The minimum Gasteiger partial charge on any atom is -0.302 e. The van der Waals surface area contributed by atoms with Crippen molar-refractivity contribution in [1.82, 2.24) is 9.38 Å². The van der Waals surface area contributed by atoms with E-state index in [0.717, 1.165) is 33.2 Å². The third-order valence-electron chi connectivity index (χ3n) is 3.46. The van der Waals surface area contributed by atoms with Crippen molar-refractivity contribution < 1.29 is 0 Å². The fourth-order valence-corrected chi connectivity index (χ4v) is 2.37. The van der Waals surface area contributed by atoms with Crippen molar-refractivity contribution >= 4 is 17.2 Å². The Morgan fingerprint density at radius 1 is 1.20 bits per heavy atom. The smallest absolute Gasteiger partial charge is 0.137 e. The van der Waals surface area contributed by atoms with Crippen LogP contribution in [0, 0.1) is 25.2 Å². The molecule has 0 amide bonds. The highest BCUT2D eigenvalue weighted by atomic mass is 35.5. The number of nitriles is 1. The molecule has 20 heavy (non-hydrogen) atoms. The molecule has 0 atom stereocenters. The predicted octanol–water partition coefficient (Wildman–Crippen LogP) is 4.14. The summed E-state index contributed by atoms with van der Waals surface area (Å²) in [5.41, 5.74) is 5.32. The van der Waals surface area contributed by atoms with E-state index in [4.69, 9.17) is 16.9 Å². The van der Waals surface area contributed by atoms with Crippen LogP contribution < -0.4 is 0 Å². The summed E-state index contributed by atoms with van der Waals surface area (Å²) in [5.74, 6) is 0. The van der Waals surface area contributed by atoms with E-state index in [2.05, 4.69) is 11.1 Å². The molecule has 0 N–H and O–H groups in total. The maximum atomic E-state index is 9.07. The van der Waals surface area contributed by atoms with Crippen molar-refractivity contribution in [3.8, 4) is 17.3 Å². The first-order valence-electron chi connectivity index (χ1n) is 6.25. The minimum absolute atomic E-state index is 0.661. The van der Waals surface area contributed by atoms with Crippen LogP contribution in [0.4, 0.5) is 0 Å². The van der Waals surface area contributed by atoms with Gasteiger partial charge >= 0.3 is 0 Å². The monoisotopic (exact) mass is 281 g/mol. The lowest BCUT2D eigenvalue weighted by Crippen LogP contribution is -1.93. The average molecular weight is 282 g/mol. The maximum absolute atomic E-state index is 9.07. The normalized spacial score (nSPS) is 10.7. The highest BCUT2D eigenvalue weighted by molar-refractivity contribution is 6.31. The number of hydrogen-bond donors (Lipinski definition) is 0. The molecule has 3 nitrogen and oxygen atoms in total. The first kappa shape index (κ1) is 12.7. The van der Waals surface area contributed by atoms with E-state index < -0.39 is 0 Å². The molecule has 0 spiro atoms. The molecule has 2 heterocycles. The number of aryl methyl sites for hydroxylation is 2. The summed E-state index contributed by atoms with van der Waals surface area (Å²) >= 11 is 6.05. The highest BCUT2D eigenvalue weighted by Crippen LogP contribution is 2.25. The van der Waals surface area contributed by atoms with Crippen LogP contribution in [0.3, 0.4) is 0 Å². The fourth-order valence-electron chi connectivity index (χ4n) is 2.25. The van der Waals surface area contributed by atoms with Gasteiger partial charge < -0.3 is 4.40 Å². The van der Waals surface area contributed by atoms with Crippen LogP contribution in [0.1, 0.15) is 16.8 Å². The second-order valence-corrected chi connectivity index (χ2v) is 5.17. The number of benzene rings is 1. The van der Waals surface area contributed by atoms with E-state index in [-0.39, 0.29) is 0 Å². The second-order valence-electron chi connectivity index (χ2n) is 4.76. The third kappa shape index (κ3) is 1.95. The van der Waals surface area contributed by atoms with Crippen LogP contribution in [0.25, 0.3) is 16.9 Å². The van der Waals surface area contributed by atoms with Gasteiger partial charge in [0.05, 0.1) is 11.3 Å². The van der Waals surface area contributed by atoms with Gasteiger partial charge in [-0.2, -0.15) is 5.26 Å². The van der Waals surface area contributed by atoms with Crippen molar-refractivity contribution in [3.05, 3.63) is 58.4 Å². The molecule has 0 aliphatic heterocycles. The second kappa shape index (κ2) is 4.66. The van der Waals surface area contributed by atoms with E-state index >= 15 is 0 Å². The average Bonchev–Trinajstić information content (AvgIpc) is 2.87. The summed E-state index contributed by atoms with van der Waals surface area (Å²) in [6, 6.07) is 11.7. The molecule has 0 radical (unpaired) electrons. The molecule has 0 unspecified atom stereocenters. The van der Waals surface area contributed by atoms with Crippen LogP contribution >= 0.6 is 11.6 Å². The molecule has 0 saturated heterocycles. The van der Waals surface area contributed by atoms with Gasteiger partial charge in [-0.3, -0.25) is 0 Å². The zero-order valence-electron chi connectivity index (χ0n) is 11.2. The number of aromatic nitrogens is 2. The van der Waals surface area contributed by atoms with Crippen LogP contribution in [0.15, 0.2) is 36.5 Å². The number of pyridine rings is 1. The summed E-state index contributed by atoms with van der Waals surface area (Å²) in [6.07, 6.45) is 1.95. The summed E-state index contributed by atoms with van der Waals surface area (Å²) in [6.45, 7) is 3.89. The number of hydrogen-bond acceptors (Lipinski definition) is 2. The molecule has 3 rings (SSSR count). The molecule has 0 bridgehead atoms. The Balaban J connectivity index is 2.20. The summed E-state index contributed by atoms with van der Waals surface area (Å²) < 4.78 is 1.94. The lowest BCUT2D eigenvalue weighted by atomic mass is 10.1. The Labute approximate surface area is 122 Å². The molecule has 3 aromatic rings. The van der Waals surface area contributed by atoms with E-state index in [1.807, 2.05) is 48.7 Å². The molecule has 98 valence electrons. The number of fused-ring (bicyclic) bond motifs is 1. The first-order chi connectivity index (χ1) is 9.60. The lowest BCUT2D eigenvalue weighted by Gasteiger charge is -2.01. The zero-order chi connectivity index (χ0) is 14.3. The van der Waals surface area contributed by atoms with Gasteiger partial charge in [0, 0.05) is 22.5 Å². The van der Waals surface area contributed by atoms with E-state index in [0.29, 0.717) is 5.56 Å². The third-order valence-corrected chi connectivity index (χ3v) is 3.88. The standard InChI is InChI=1S/C16H12ClN3/c1-10-7-12(3-5-14(10)17)15-9-20-11(2)13(8-18)4-6-16(20)19-15/h3-7,9H,1-2H3. The summed E-state index contributed by atoms with van der Waals surface area (Å²) in [4.78, 5) is 4.60. The van der Waals surface area contributed by atoms with Gasteiger partial charge in [0.25, 0.3) is 0 Å². The molecular weight excluding hydrogens is 270 g/mol. The van der Waals surface area contributed by atoms with Gasteiger partial charge in [0.15, 0.2) is 0 Å².